The molecule has 7 rings (SSSR count). The van der Waals surface area contributed by atoms with Crippen LogP contribution in [0.1, 0.15) is 69.7 Å². The molecule has 1 aromatic heterocycles. The molecule has 4 fully saturated rings. The van der Waals surface area contributed by atoms with E-state index < -0.39 is 11.8 Å². The summed E-state index contributed by atoms with van der Waals surface area (Å²) in [6.07, 6.45) is 3.26. The lowest BCUT2D eigenvalue weighted by atomic mass is 9.95. The van der Waals surface area contributed by atoms with Crippen molar-refractivity contribution in [3.05, 3.63) is 47.2 Å². The second-order valence-electron chi connectivity index (χ2n) is 14.5. The van der Waals surface area contributed by atoms with Crippen molar-refractivity contribution in [3.63, 3.8) is 0 Å². The summed E-state index contributed by atoms with van der Waals surface area (Å²) in [6, 6.07) is 9.91. The molecule has 5 aliphatic rings. The molecule has 1 aromatic carbocycles. The van der Waals surface area contributed by atoms with Gasteiger partial charge in [-0.25, -0.2) is 14.0 Å². The molecular weight excluding hydrogens is 591 g/mol. The van der Waals surface area contributed by atoms with Crippen LogP contribution in [0, 0.1) is 0 Å². The van der Waals surface area contributed by atoms with Gasteiger partial charge in [-0.3, -0.25) is 9.80 Å². The predicted molar refractivity (Wildman–Crippen MR) is 168 cm³/mol. The van der Waals surface area contributed by atoms with Crippen LogP contribution < -0.4 is 9.64 Å². The van der Waals surface area contributed by atoms with E-state index in [4.69, 9.17) is 24.2 Å². The van der Waals surface area contributed by atoms with Gasteiger partial charge in [-0.05, 0) is 65.0 Å². The molecule has 12 heteroatoms. The highest BCUT2D eigenvalue weighted by Gasteiger charge is 2.50. The zero-order valence-electron chi connectivity index (χ0n) is 27.1. The molecular formula is C34H45FN6O5. The number of hydrogen-bond donors (Lipinski definition) is 0. The van der Waals surface area contributed by atoms with Gasteiger partial charge in [0.2, 0.25) is 0 Å². The number of amides is 2. The number of alkyl halides is 1. The number of hydrogen-bond acceptors (Lipinski definition) is 9. The predicted octanol–water partition coefficient (Wildman–Crippen LogP) is 4.71. The van der Waals surface area contributed by atoms with Crippen molar-refractivity contribution in [2.24, 2.45) is 0 Å². The third-order valence-electron chi connectivity index (χ3n) is 10.1. The average Bonchev–Trinajstić information content (AvgIpc) is 3.64. The smallest absolute Gasteiger partial charge is 0.410 e. The van der Waals surface area contributed by atoms with Crippen LogP contribution in [0.4, 0.5) is 19.8 Å². The number of nitrogens with zero attached hydrogens (tertiary/aromatic N) is 6. The number of rotatable bonds is 6. The number of halogens is 1. The van der Waals surface area contributed by atoms with E-state index in [0.29, 0.717) is 45.6 Å². The van der Waals surface area contributed by atoms with Crippen molar-refractivity contribution in [2.75, 3.05) is 44.2 Å². The number of benzene rings is 1. The van der Waals surface area contributed by atoms with Gasteiger partial charge in [0.15, 0.2) is 0 Å². The minimum Gasteiger partial charge on any atom is -0.461 e. The monoisotopic (exact) mass is 636 g/mol. The molecule has 46 heavy (non-hydrogen) atoms. The summed E-state index contributed by atoms with van der Waals surface area (Å²) in [5.74, 6) is 0.800. The lowest BCUT2D eigenvalue weighted by Crippen LogP contribution is -2.57. The summed E-state index contributed by atoms with van der Waals surface area (Å²) in [5.41, 5.74) is 1.77. The van der Waals surface area contributed by atoms with Crippen LogP contribution in [-0.2, 0) is 29.0 Å². The van der Waals surface area contributed by atoms with Crippen molar-refractivity contribution in [2.45, 2.75) is 102 Å². The van der Waals surface area contributed by atoms with E-state index in [1.807, 2.05) is 56.0 Å². The molecule has 4 saturated heterocycles. The summed E-state index contributed by atoms with van der Waals surface area (Å²) >= 11 is 0. The molecule has 4 atom stereocenters. The Morgan fingerprint density at radius 2 is 1.78 bits per heavy atom. The number of aromatic nitrogens is 2. The van der Waals surface area contributed by atoms with E-state index in [2.05, 4.69) is 9.80 Å². The van der Waals surface area contributed by atoms with Gasteiger partial charge in [-0.1, -0.05) is 30.3 Å². The lowest BCUT2D eigenvalue weighted by molar-refractivity contribution is 0.0122. The van der Waals surface area contributed by atoms with Crippen LogP contribution in [0.2, 0.25) is 0 Å². The van der Waals surface area contributed by atoms with Gasteiger partial charge in [0.1, 0.15) is 30.8 Å². The second kappa shape index (κ2) is 12.2. The van der Waals surface area contributed by atoms with Crippen molar-refractivity contribution in [1.82, 2.24) is 24.7 Å². The van der Waals surface area contributed by atoms with Crippen LogP contribution in [-0.4, -0.2) is 106 Å². The molecule has 0 N–H and O–H groups in total. The maximum absolute atomic E-state index is 14.5. The van der Waals surface area contributed by atoms with Crippen LogP contribution in [0.3, 0.4) is 0 Å². The van der Waals surface area contributed by atoms with E-state index in [0.717, 1.165) is 54.9 Å². The number of piperazine rings is 1. The molecule has 2 bridgehead atoms. The first kappa shape index (κ1) is 31.0. The Morgan fingerprint density at radius 1 is 1.02 bits per heavy atom. The number of fused-ring (bicyclic) bond motifs is 4. The minimum atomic E-state index is -0.851. The molecule has 0 spiro atoms. The molecule has 0 aliphatic carbocycles. The Labute approximate surface area is 270 Å². The van der Waals surface area contributed by atoms with Crippen LogP contribution in [0.25, 0.3) is 0 Å². The van der Waals surface area contributed by atoms with Crippen molar-refractivity contribution in [3.8, 4) is 6.01 Å². The number of anilines is 1. The largest absolute Gasteiger partial charge is 0.461 e. The fourth-order valence-corrected chi connectivity index (χ4v) is 8.02. The molecule has 6 heterocycles. The molecule has 2 amide bonds. The van der Waals surface area contributed by atoms with Gasteiger partial charge >= 0.3 is 18.2 Å². The first-order chi connectivity index (χ1) is 22.1. The molecule has 248 valence electrons. The van der Waals surface area contributed by atoms with Gasteiger partial charge in [0.05, 0.1) is 29.9 Å². The highest BCUT2D eigenvalue weighted by molar-refractivity contribution is 5.71. The molecule has 2 aromatic rings. The van der Waals surface area contributed by atoms with Crippen molar-refractivity contribution >= 4 is 18.0 Å². The Morgan fingerprint density at radius 3 is 2.52 bits per heavy atom. The lowest BCUT2D eigenvalue weighted by Gasteiger charge is -2.42. The van der Waals surface area contributed by atoms with E-state index in [1.165, 1.54) is 0 Å². The van der Waals surface area contributed by atoms with Crippen LogP contribution in [0.5, 0.6) is 6.01 Å². The summed E-state index contributed by atoms with van der Waals surface area (Å²) in [5, 5.41) is 0. The summed E-state index contributed by atoms with van der Waals surface area (Å²) < 4.78 is 32.2. The summed E-state index contributed by atoms with van der Waals surface area (Å²) in [6.45, 7) is 9.55. The third-order valence-corrected chi connectivity index (χ3v) is 10.1. The average molecular weight is 637 g/mol. The maximum atomic E-state index is 14.5. The quantitative estimate of drug-likeness (QED) is 0.446. The normalized spacial score (nSPS) is 27.4. The molecule has 5 aliphatic heterocycles. The molecule has 0 radical (unpaired) electrons. The summed E-state index contributed by atoms with van der Waals surface area (Å²) in [4.78, 5) is 44.2. The first-order valence-electron chi connectivity index (χ1n) is 16.7. The van der Waals surface area contributed by atoms with Gasteiger partial charge in [0, 0.05) is 38.2 Å². The number of carbonyl (C=O) groups is 2. The van der Waals surface area contributed by atoms with Gasteiger partial charge in [-0.15, -0.1) is 0 Å². The molecule has 2 unspecified atom stereocenters. The Bertz CT molecular complexity index is 1440. The zero-order chi connectivity index (χ0) is 32.1. The number of ether oxygens (including phenoxy) is 3. The van der Waals surface area contributed by atoms with E-state index >= 15 is 0 Å². The topological polar surface area (TPSA) is 101 Å². The van der Waals surface area contributed by atoms with Crippen LogP contribution >= 0.6 is 0 Å². The maximum Gasteiger partial charge on any atom is 0.410 e. The van der Waals surface area contributed by atoms with Crippen molar-refractivity contribution < 1.29 is 28.2 Å². The summed E-state index contributed by atoms with van der Waals surface area (Å²) in [7, 11) is 0. The van der Waals surface area contributed by atoms with Crippen molar-refractivity contribution in [1.29, 1.82) is 0 Å². The van der Waals surface area contributed by atoms with Crippen LogP contribution in [0.15, 0.2) is 30.3 Å². The van der Waals surface area contributed by atoms with E-state index in [1.54, 1.807) is 4.90 Å². The Hall–Kier alpha value is -3.67. The molecule has 0 saturated carbocycles. The van der Waals surface area contributed by atoms with E-state index in [-0.39, 0.29) is 49.0 Å². The van der Waals surface area contributed by atoms with Gasteiger partial charge in [0.25, 0.3) is 0 Å². The molecule has 11 nitrogen and oxygen atoms in total. The zero-order valence-corrected chi connectivity index (χ0v) is 27.1. The highest BCUT2D eigenvalue weighted by atomic mass is 19.1. The Kier molecular flexibility index (Phi) is 8.19. The standard InChI is InChI=1S/C34H45FN6O5/c1-33(2,3)46-32(43)41-25-10-11-26(41)19-39(18-25)29-27-12-15-38(31(42)44-21-23-8-5-4-6-9-23)20-28(27)36-30(37-29)45-22-34-13-7-14-40(34)17-24(35)16-34/h4-6,8-9,24-26H,7,10-22H2,1-3H3/t24?,25-,26+,34?. The Balaban J connectivity index is 1.12. The minimum absolute atomic E-state index is 0.0162. The fourth-order valence-electron chi connectivity index (χ4n) is 8.02. The van der Waals surface area contributed by atoms with E-state index in [9.17, 15) is 14.0 Å². The van der Waals surface area contributed by atoms with Gasteiger partial charge < -0.3 is 24.0 Å². The second-order valence-corrected chi connectivity index (χ2v) is 14.5. The first-order valence-corrected chi connectivity index (χ1v) is 16.7. The van der Waals surface area contributed by atoms with Gasteiger partial charge in [-0.2, -0.15) is 9.97 Å². The fraction of sp³-hybridized carbons (Fsp3) is 0.647. The SMILES string of the molecule is CC(C)(C)OC(=O)N1[C@@H]2CC[C@H]1CN(c1nc(OCC34CCCN3CC(F)C4)nc3c1CCN(C(=O)OCc1ccccc1)C3)C2. The highest BCUT2D eigenvalue weighted by Crippen LogP contribution is 2.41. The number of carbonyl (C=O) groups excluding carboxylic acids is 2. The third kappa shape index (κ3) is 6.20.